The number of ether oxygens (including phenoxy) is 2. The van der Waals surface area contributed by atoms with Gasteiger partial charge in [0, 0.05) is 17.1 Å². The Balaban J connectivity index is 2.11. The van der Waals surface area contributed by atoms with Crippen molar-refractivity contribution in [1.29, 1.82) is 0 Å². The number of hydrogen-bond acceptors (Lipinski definition) is 3. The van der Waals surface area contributed by atoms with Gasteiger partial charge in [-0.15, -0.1) is 0 Å². The summed E-state index contributed by atoms with van der Waals surface area (Å²) in [5.74, 6) is -0.729. The molecule has 108 valence electrons. The molecule has 4 nitrogen and oxygen atoms in total. The highest BCUT2D eigenvalue weighted by atomic mass is 35.5. The van der Waals surface area contributed by atoms with Gasteiger partial charge in [0.15, 0.2) is 6.29 Å². The van der Waals surface area contributed by atoms with Gasteiger partial charge in [-0.1, -0.05) is 18.2 Å². The molecule has 20 heavy (non-hydrogen) atoms. The van der Waals surface area contributed by atoms with Gasteiger partial charge in [0.05, 0.1) is 19.8 Å². The van der Waals surface area contributed by atoms with Crippen LogP contribution in [0, 0.1) is 5.82 Å². The van der Waals surface area contributed by atoms with Crippen LogP contribution in [0.2, 0.25) is 5.02 Å². The van der Waals surface area contributed by atoms with Gasteiger partial charge in [-0.25, -0.2) is 4.39 Å². The van der Waals surface area contributed by atoms with Crippen molar-refractivity contribution in [2.75, 3.05) is 19.8 Å². The van der Waals surface area contributed by atoms with Crippen LogP contribution in [0.3, 0.4) is 0 Å². The van der Waals surface area contributed by atoms with Gasteiger partial charge < -0.3 is 14.4 Å². The summed E-state index contributed by atoms with van der Waals surface area (Å²) in [5.41, 5.74) is 0.339. The van der Waals surface area contributed by atoms with Crippen molar-refractivity contribution in [2.45, 2.75) is 12.8 Å². The number of halogens is 2. The van der Waals surface area contributed by atoms with Crippen LogP contribution in [-0.2, 0) is 20.8 Å². The maximum Gasteiger partial charge on any atom is 0.246 e. The van der Waals surface area contributed by atoms with Crippen molar-refractivity contribution < 1.29 is 18.7 Å². The van der Waals surface area contributed by atoms with E-state index < -0.39 is 12.1 Å². The molecular formula is C14H15ClFNO3. The van der Waals surface area contributed by atoms with E-state index in [1.54, 1.807) is 0 Å². The SMILES string of the molecule is C=CC(=O)N(Cc1cc(Cl)ccc1F)CC1OCCO1. The molecule has 0 atom stereocenters. The summed E-state index contributed by atoms with van der Waals surface area (Å²) >= 11 is 5.84. The first-order valence-electron chi connectivity index (χ1n) is 6.18. The number of carbonyl (C=O) groups excluding carboxylic acids is 1. The van der Waals surface area contributed by atoms with Crippen LogP contribution in [0.25, 0.3) is 0 Å². The minimum absolute atomic E-state index is 0.0838. The van der Waals surface area contributed by atoms with Gasteiger partial charge >= 0.3 is 0 Å². The molecule has 0 saturated carbocycles. The second-order valence-corrected chi connectivity index (χ2v) is 4.77. The Morgan fingerprint density at radius 1 is 1.50 bits per heavy atom. The average molecular weight is 300 g/mol. The second-order valence-electron chi connectivity index (χ2n) is 4.33. The first kappa shape index (κ1) is 15.0. The standard InChI is InChI=1S/C14H15ClFNO3/c1-2-13(18)17(9-14-19-5-6-20-14)8-10-7-11(15)3-4-12(10)16/h2-4,7,14H,1,5-6,8-9H2. The molecule has 1 heterocycles. The zero-order valence-corrected chi connectivity index (χ0v) is 11.6. The molecule has 0 radical (unpaired) electrons. The van der Waals surface area contributed by atoms with Gasteiger partial charge in [0.25, 0.3) is 0 Å². The lowest BCUT2D eigenvalue weighted by Crippen LogP contribution is -2.36. The fourth-order valence-corrected chi connectivity index (χ4v) is 2.12. The van der Waals surface area contributed by atoms with E-state index in [1.807, 2.05) is 0 Å². The van der Waals surface area contributed by atoms with Gasteiger partial charge in [0.1, 0.15) is 5.82 Å². The van der Waals surface area contributed by atoms with Crippen molar-refractivity contribution in [3.05, 3.63) is 47.3 Å². The molecule has 0 aliphatic carbocycles. The predicted molar refractivity (Wildman–Crippen MR) is 72.7 cm³/mol. The smallest absolute Gasteiger partial charge is 0.246 e. The van der Waals surface area contributed by atoms with Crippen molar-refractivity contribution in [1.82, 2.24) is 4.90 Å². The van der Waals surface area contributed by atoms with Gasteiger partial charge in [-0.05, 0) is 24.3 Å². The summed E-state index contributed by atoms with van der Waals surface area (Å²) in [4.78, 5) is 13.3. The van der Waals surface area contributed by atoms with E-state index in [2.05, 4.69) is 6.58 Å². The summed E-state index contributed by atoms with van der Waals surface area (Å²) in [7, 11) is 0. The Kier molecular flexibility index (Phi) is 5.11. The highest BCUT2D eigenvalue weighted by Gasteiger charge is 2.22. The molecule has 0 unspecified atom stereocenters. The molecule has 1 aliphatic rings. The second kappa shape index (κ2) is 6.83. The number of hydrogen-bond donors (Lipinski definition) is 0. The van der Waals surface area contributed by atoms with E-state index in [0.717, 1.165) is 0 Å². The third kappa shape index (κ3) is 3.79. The molecule has 0 N–H and O–H groups in total. The fraction of sp³-hybridized carbons (Fsp3) is 0.357. The minimum Gasteiger partial charge on any atom is -0.348 e. The lowest BCUT2D eigenvalue weighted by Gasteiger charge is -2.24. The van der Waals surface area contributed by atoms with Crippen LogP contribution < -0.4 is 0 Å². The van der Waals surface area contributed by atoms with Crippen molar-refractivity contribution in [3.63, 3.8) is 0 Å². The summed E-state index contributed by atoms with van der Waals surface area (Å²) in [6.07, 6.45) is 0.693. The Bertz CT molecular complexity index is 503. The van der Waals surface area contributed by atoms with E-state index >= 15 is 0 Å². The third-order valence-corrected chi connectivity index (χ3v) is 3.15. The predicted octanol–water partition coefficient (Wildman–Crippen LogP) is 2.37. The number of carbonyl (C=O) groups is 1. The summed E-state index contributed by atoms with van der Waals surface area (Å²) in [6.45, 7) is 4.73. The highest BCUT2D eigenvalue weighted by molar-refractivity contribution is 6.30. The molecular weight excluding hydrogens is 285 g/mol. The number of amides is 1. The molecule has 1 aliphatic heterocycles. The topological polar surface area (TPSA) is 38.8 Å². The van der Waals surface area contributed by atoms with Gasteiger partial charge in [-0.2, -0.15) is 0 Å². The number of benzene rings is 1. The van der Waals surface area contributed by atoms with Crippen LogP contribution in [0.1, 0.15) is 5.56 Å². The average Bonchev–Trinajstić information content (AvgIpc) is 2.94. The summed E-state index contributed by atoms with van der Waals surface area (Å²) < 4.78 is 24.3. The first-order valence-corrected chi connectivity index (χ1v) is 6.56. The van der Waals surface area contributed by atoms with Crippen molar-refractivity contribution >= 4 is 17.5 Å². The summed E-state index contributed by atoms with van der Waals surface area (Å²) in [6, 6.07) is 4.23. The van der Waals surface area contributed by atoms with Crippen LogP contribution in [0.5, 0.6) is 0 Å². The van der Waals surface area contributed by atoms with E-state index in [9.17, 15) is 9.18 Å². The van der Waals surface area contributed by atoms with Crippen LogP contribution in [0.15, 0.2) is 30.9 Å². The largest absolute Gasteiger partial charge is 0.348 e. The Morgan fingerprint density at radius 2 is 2.20 bits per heavy atom. The van der Waals surface area contributed by atoms with E-state index in [1.165, 1.54) is 29.2 Å². The van der Waals surface area contributed by atoms with Crippen LogP contribution >= 0.6 is 11.6 Å². The third-order valence-electron chi connectivity index (χ3n) is 2.92. The molecule has 1 aromatic carbocycles. The first-order chi connectivity index (χ1) is 9.60. The molecule has 2 rings (SSSR count). The molecule has 0 bridgehead atoms. The van der Waals surface area contributed by atoms with Crippen molar-refractivity contribution in [2.24, 2.45) is 0 Å². The lowest BCUT2D eigenvalue weighted by atomic mass is 10.2. The van der Waals surface area contributed by atoms with E-state index in [-0.39, 0.29) is 19.0 Å². The number of rotatable bonds is 5. The van der Waals surface area contributed by atoms with Crippen LogP contribution in [0.4, 0.5) is 4.39 Å². The van der Waals surface area contributed by atoms with E-state index in [0.29, 0.717) is 23.8 Å². The minimum atomic E-state index is -0.485. The number of nitrogens with zero attached hydrogens (tertiary/aromatic N) is 1. The molecule has 1 saturated heterocycles. The Hall–Kier alpha value is -1.43. The van der Waals surface area contributed by atoms with Crippen LogP contribution in [-0.4, -0.2) is 36.9 Å². The quantitative estimate of drug-likeness (QED) is 0.784. The normalized spacial score (nSPS) is 15.3. The van der Waals surface area contributed by atoms with Gasteiger partial charge in [-0.3, -0.25) is 4.79 Å². The molecule has 1 amide bonds. The maximum atomic E-state index is 13.7. The zero-order valence-electron chi connectivity index (χ0n) is 10.9. The summed E-state index contributed by atoms with van der Waals surface area (Å²) in [5, 5.41) is 0.417. The molecule has 1 aromatic rings. The molecule has 0 aromatic heterocycles. The fourth-order valence-electron chi connectivity index (χ4n) is 1.92. The molecule has 0 spiro atoms. The van der Waals surface area contributed by atoms with E-state index in [4.69, 9.17) is 21.1 Å². The monoisotopic (exact) mass is 299 g/mol. The Labute approximate surface area is 121 Å². The Morgan fingerprint density at radius 3 is 2.85 bits per heavy atom. The maximum absolute atomic E-state index is 13.7. The lowest BCUT2D eigenvalue weighted by molar-refractivity contribution is -0.133. The highest BCUT2D eigenvalue weighted by Crippen LogP contribution is 2.18. The molecule has 1 fully saturated rings. The zero-order chi connectivity index (χ0) is 14.5. The van der Waals surface area contributed by atoms with Crippen molar-refractivity contribution in [3.8, 4) is 0 Å². The van der Waals surface area contributed by atoms with Gasteiger partial charge in [0.2, 0.25) is 5.91 Å². The molecule has 6 heteroatoms.